The van der Waals surface area contributed by atoms with Crippen LogP contribution in [0.4, 0.5) is 5.69 Å². The molecule has 1 unspecified atom stereocenters. The Bertz CT molecular complexity index is 489. The first-order chi connectivity index (χ1) is 8.82. The molecule has 4 N–H and O–H groups in total. The molecule has 6 heteroatoms. The molecule has 0 saturated heterocycles. The second kappa shape index (κ2) is 6.56. The molecule has 0 heterocycles. The van der Waals surface area contributed by atoms with Crippen LogP contribution in [0.5, 0.6) is 0 Å². The van der Waals surface area contributed by atoms with Gasteiger partial charge in [-0.2, -0.15) is 0 Å². The predicted octanol–water partition coefficient (Wildman–Crippen LogP) is 1.67. The number of carbonyl (C=O) groups is 2. The van der Waals surface area contributed by atoms with Gasteiger partial charge in [0.15, 0.2) is 0 Å². The van der Waals surface area contributed by atoms with Crippen LogP contribution in [0.15, 0.2) is 22.7 Å². The summed E-state index contributed by atoms with van der Waals surface area (Å²) in [4.78, 5) is 23.8. The fourth-order valence-electron chi connectivity index (χ4n) is 1.47. The summed E-state index contributed by atoms with van der Waals surface area (Å²) < 4.78 is 0.531. The first-order valence-corrected chi connectivity index (χ1v) is 6.77. The Morgan fingerprint density at radius 2 is 1.84 bits per heavy atom. The van der Waals surface area contributed by atoms with Crippen molar-refractivity contribution in [3.63, 3.8) is 0 Å². The van der Waals surface area contributed by atoms with Gasteiger partial charge in [0.1, 0.15) is 6.04 Å². The number of carbonyl (C=O) groups excluding carboxylic acids is 2. The van der Waals surface area contributed by atoms with E-state index in [-0.39, 0.29) is 17.9 Å². The van der Waals surface area contributed by atoms with Crippen molar-refractivity contribution in [2.45, 2.75) is 32.9 Å². The van der Waals surface area contributed by atoms with Gasteiger partial charge in [0.2, 0.25) is 5.91 Å². The number of hydrogen-bond acceptors (Lipinski definition) is 3. The minimum absolute atomic E-state index is 0.0333. The van der Waals surface area contributed by atoms with E-state index in [9.17, 15) is 9.59 Å². The number of halogens is 1. The number of hydrogen-bond donors (Lipinski definition) is 3. The third-order valence-electron chi connectivity index (χ3n) is 2.45. The lowest BCUT2D eigenvalue weighted by Crippen LogP contribution is -2.46. The minimum atomic E-state index is -0.608. The van der Waals surface area contributed by atoms with E-state index in [2.05, 4.69) is 26.6 Å². The Morgan fingerprint density at radius 1 is 1.21 bits per heavy atom. The van der Waals surface area contributed by atoms with Crippen LogP contribution < -0.4 is 16.4 Å². The SMILES string of the molecule is CC(C)NC(=O)C(C)NC(=O)c1cccc(N)c1Br. The second-order valence-corrected chi connectivity index (χ2v) is 5.36. The van der Waals surface area contributed by atoms with Crippen molar-refractivity contribution in [3.8, 4) is 0 Å². The summed E-state index contributed by atoms with van der Waals surface area (Å²) in [6.07, 6.45) is 0. The Labute approximate surface area is 121 Å². The van der Waals surface area contributed by atoms with Crippen molar-refractivity contribution in [1.82, 2.24) is 10.6 Å². The van der Waals surface area contributed by atoms with Crippen LogP contribution in [0.25, 0.3) is 0 Å². The van der Waals surface area contributed by atoms with E-state index in [1.807, 2.05) is 13.8 Å². The van der Waals surface area contributed by atoms with Gasteiger partial charge in [0.05, 0.1) is 10.0 Å². The molecule has 19 heavy (non-hydrogen) atoms. The highest BCUT2D eigenvalue weighted by Gasteiger charge is 2.19. The summed E-state index contributed by atoms with van der Waals surface area (Å²) in [7, 11) is 0. The zero-order valence-electron chi connectivity index (χ0n) is 11.2. The second-order valence-electron chi connectivity index (χ2n) is 4.57. The molecule has 0 aromatic heterocycles. The van der Waals surface area contributed by atoms with Gasteiger partial charge >= 0.3 is 0 Å². The quantitative estimate of drug-likeness (QED) is 0.735. The smallest absolute Gasteiger partial charge is 0.253 e. The monoisotopic (exact) mass is 327 g/mol. The average molecular weight is 328 g/mol. The molecular weight excluding hydrogens is 310 g/mol. The summed E-state index contributed by atoms with van der Waals surface area (Å²) in [5.41, 5.74) is 6.59. The molecule has 1 rings (SSSR count). The van der Waals surface area contributed by atoms with Crippen molar-refractivity contribution < 1.29 is 9.59 Å². The van der Waals surface area contributed by atoms with E-state index < -0.39 is 6.04 Å². The van der Waals surface area contributed by atoms with Crippen molar-refractivity contribution >= 4 is 33.4 Å². The predicted molar refractivity (Wildman–Crippen MR) is 78.8 cm³/mol. The lowest BCUT2D eigenvalue weighted by Gasteiger charge is -2.16. The van der Waals surface area contributed by atoms with Crippen molar-refractivity contribution in [1.29, 1.82) is 0 Å². The van der Waals surface area contributed by atoms with Crippen LogP contribution in [-0.2, 0) is 4.79 Å². The summed E-state index contributed by atoms with van der Waals surface area (Å²) >= 11 is 3.26. The van der Waals surface area contributed by atoms with Crippen molar-refractivity contribution in [2.75, 3.05) is 5.73 Å². The van der Waals surface area contributed by atoms with Crippen LogP contribution in [-0.4, -0.2) is 23.9 Å². The highest BCUT2D eigenvalue weighted by atomic mass is 79.9. The van der Waals surface area contributed by atoms with Crippen molar-refractivity contribution in [2.24, 2.45) is 0 Å². The van der Waals surface area contributed by atoms with E-state index in [1.165, 1.54) is 0 Å². The highest BCUT2D eigenvalue weighted by Crippen LogP contribution is 2.23. The Kier molecular flexibility index (Phi) is 5.35. The maximum Gasteiger partial charge on any atom is 0.253 e. The van der Waals surface area contributed by atoms with Gasteiger partial charge in [0.25, 0.3) is 5.91 Å². The Balaban J connectivity index is 2.74. The first kappa shape index (κ1) is 15.5. The molecule has 0 radical (unpaired) electrons. The summed E-state index contributed by atoms with van der Waals surface area (Å²) in [5, 5.41) is 5.37. The van der Waals surface area contributed by atoms with Gasteiger partial charge in [-0.3, -0.25) is 9.59 Å². The van der Waals surface area contributed by atoms with Crippen LogP contribution in [0, 0.1) is 0 Å². The number of nitrogens with two attached hydrogens (primary N) is 1. The topological polar surface area (TPSA) is 84.2 Å². The molecule has 0 bridgehead atoms. The molecule has 5 nitrogen and oxygen atoms in total. The fraction of sp³-hybridized carbons (Fsp3) is 0.385. The normalized spacial score (nSPS) is 12.1. The third kappa shape index (κ3) is 4.24. The van der Waals surface area contributed by atoms with Gasteiger partial charge < -0.3 is 16.4 Å². The van der Waals surface area contributed by atoms with Crippen LogP contribution in [0.3, 0.4) is 0 Å². The largest absolute Gasteiger partial charge is 0.398 e. The molecule has 104 valence electrons. The van der Waals surface area contributed by atoms with Gasteiger partial charge in [0, 0.05) is 11.7 Å². The molecule has 0 saturated carbocycles. The lowest BCUT2D eigenvalue weighted by molar-refractivity contribution is -0.123. The molecule has 0 fully saturated rings. The molecule has 0 aliphatic rings. The molecule has 1 atom stereocenters. The van der Waals surface area contributed by atoms with Gasteiger partial charge in [-0.1, -0.05) is 6.07 Å². The number of amides is 2. The highest BCUT2D eigenvalue weighted by molar-refractivity contribution is 9.10. The summed E-state index contributed by atoms with van der Waals surface area (Å²) in [6, 6.07) is 4.45. The van der Waals surface area contributed by atoms with Crippen molar-refractivity contribution in [3.05, 3.63) is 28.2 Å². The molecule has 2 amide bonds. The maximum atomic E-state index is 12.0. The van der Waals surface area contributed by atoms with Crippen LogP contribution in [0.1, 0.15) is 31.1 Å². The molecular formula is C13H18BrN3O2. The maximum absolute atomic E-state index is 12.0. The number of benzene rings is 1. The fourth-order valence-corrected chi connectivity index (χ4v) is 1.92. The number of nitrogens with one attached hydrogen (secondary N) is 2. The van der Waals surface area contributed by atoms with Gasteiger partial charge in [-0.15, -0.1) is 0 Å². The molecule has 0 aliphatic carbocycles. The van der Waals surface area contributed by atoms with Crippen LogP contribution in [0.2, 0.25) is 0 Å². The number of nitrogen functional groups attached to an aromatic ring is 1. The zero-order chi connectivity index (χ0) is 14.6. The van der Waals surface area contributed by atoms with Crippen LogP contribution >= 0.6 is 15.9 Å². The number of rotatable bonds is 4. The summed E-state index contributed by atoms with van der Waals surface area (Å²) in [5.74, 6) is -0.561. The van der Waals surface area contributed by atoms with Gasteiger partial charge in [-0.25, -0.2) is 0 Å². The van der Waals surface area contributed by atoms with Gasteiger partial charge in [-0.05, 0) is 48.8 Å². The lowest BCUT2D eigenvalue weighted by atomic mass is 10.1. The van der Waals surface area contributed by atoms with E-state index in [4.69, 9.17) is 5.73 Å². The zero-order valence-corrected chi connectivity index (χ0v) is 12.7. The van der Waals surface area contributed by atoms with E-state index in [0.29, 0.717) is 15.7 Å². The third-order valence-corrected chi connectivity index (χ3v) is 3.33. The molecule has 1 aromatic rings. The Hall–Kier alpha value is -1.56. The minimum Gasteiger partial charge on any atom is -0.398 e. The average Bonchev–Trinajstić information content (AvgIpc) is 2.31. The summed E-state index contributed by atoms with van der Waals surface area (Å²) in [6.45, 7) is 5.36. The number of anilines is 1. The first-order valence-electron chi connectivity index (χ1n) is 5.98. The van der Waals surface area contributed by atoms with E-state index in [1.54, 1.807) is 25.1 Å². The standard InChI is InChI=1S/C13H18BrN3O2/c1-7(2)16-12(18)8(3)17-13(19)9-5-4-6-10(15)11(9)14/h4-8H,15H2,1-3H3,(H,16,18)(H,17,19). The van der Waals surface area contributed by atoms with E-state index >= 15 is 0 Å². The molecule has 1 aromatic carbocycles. The van der Waals surface area contributed by atoms with E-state index in [0.717, 1.165) is 0 Å². The molecule has 0 aliphatic heterocycles. The Morgan fingerprint density at radius 3 is 2.42 bits per heavy atom. The molecule has 0 spiro atoms.